The summed E-state index contributed by atoms with van der Waals surface area (Å²) in [6.45, 7) is 0. The van der Waals surface area contributed by atoms with Crippen molar-refractivity contribution >= 4 is 35.2 Å². The molecule has 0 radical (unpaired) electrons. The van der Waals surface area contributed by atoms with E-state index in [2.05, 4.69) is 155 Å². The molecule has 0 saturated carbocycles. The van der Waals surface area contributed by atoms with Crippen molar-refractivity contribution in [2.75, 3.05) is 9.80 Å². The van der Waals surface area contributed by atoms with Gasteiger partial charge in [-0.1, -0.05) is 84.9 Å². The second kappa shape index (κ2) is 11.6. The topological polar surface area (TPSA) is 57.0 Å². The Kier molecular flexibility index (Phi) is 6.65. The Hall–Kier alpha value is -6.40. The van der Waals surface area contributed by atoms with Crippen LogP contribution in [-0.2, 0) is 0 Å². The number of hydrogen-bond acceptors (Lipinski definition) is 6. The third-order valence-electron chi connectivity index (χ3n) is 10.3. The minimum Gasteiger partial charge on any atom is -0.332 e. The van der Waals surface area contributed by atoms with E-state index in [1.165, 1.54) is 22.5 Å². The molecule has 0 bridgehead atoms. The fraction of sp³-hybridized carbons (Fsp3) is 0.0909. The molecule has 0 amide bonds. The van der Waals surface area contributed by atoms with E-state index in [1.807, 2.05) is 24.8 Å². The lowest BCUT2D eigenvalue weighted by Gasteiger charge is -2.28. The second-order valence-electron chi connectivity index (χ2n) is 13.1. The van der Waals surface area contributed by atoms with Gasteiger partial charge >= 0.3 is 0 Å². The van der Waals surface area contributed by atoms with Gasteiger partial charge in [0.2, 0.25) is 0 Å². The van der Waals surface area contributed by atoms with Crippen molar-refractivity contribution in [2.24, 2.45) is 9.98 Å². The SMILES string of the molecule is C1=CC2C(N=C1)c1ccccc1N2c1cccc(-c2ccc(-c3ccc(-c4cccc(N5c6ccccc6C6N=CC=CC65)c4)cn3)nc2)c1. The molecule has 4 aromatic carbocycles. The normalized spacial score (nSPS) is 20.8. The lowest BCUT2D eigenvalue weighted by Crippen LogP contribution is -2.28. The van der Waals surface area contributed by atoms with Gasteiger partial charge in [0.1, 0.15) is 12.1 Å². The van der Waals surface area contributed by atoms with Crippen LogP contribution in [0.1, 0.15) is 23.2 Å². The first-order chi connectivity index (χ1) is 24.8. The van der Waals surface area contributed by atoms with Crippen molar-refractivity contribution in [3.63, 3.8) is 0 Å². The van der Waals surface area contributed by atoms with Gasteiger partial charge in [-0.25, -0.2) is 0 Å². The molecule has 238 valence electrons. The maximum absolute atomic E-state index is 4.85. The summed E-state index contributed by atoms with van der Waals surface area (Å²) in [6.07, 6.45) is 16.3. The fourth-order valence-electron chi connectivity index (χ4n) is 7.94. The van der Waals surface area contributed by atoms with Gasteiger partial charge < -0.3 is 9.80 Å². The van der Waals surface area contributed by atoms with Crippen molar-refractivity contribution in [1.82, 2.24) is 9.97 Å². The molecule has 4 unspecified atom stereocenters. The molecule has 0 fully saturated rings. The highest BCUT2D eigenvalue weighted by atomic mass is 15.2. The minimum atomic E-state index is 0.114. The molecule has 6 heterocycles. The number of aliphatic imine (C=N–C) groups is 2. The monoisotopic (exact) mass is 644 g/mol. The van der Waals surface area contributed by atoms with E-state index >= 15 is 0 Å². The van der Waals surface area contributed by atoms with Crippen LogP contribution in [0.25, 0.3) is 33.6 Å². The fourth-order valence-corrected chi connectivity index (χ4v) is 7.94. The zero-order valence-electron chi connectivity index (χ0n) is 27.2. The van der Waals surface area contributed by atoms with Crippen molar-refractivity contribution in [2.45, 2.75) is 24.2 Å². The highest BCUT2D eigenvalue weighted by Crippen LogP contribution is 2.49. The summed E-state index contributed by atoms with van der Waals surface area (Å²) in [6, 6.07) is 43.6. The van der Waals surface area contributed by atoms with Crippen LogP contribution >= 0.6 is 0 Å². The number of fused-ring (bicyclic) bond motifs is 6. The molecule has 2 aromatic heterocycles. The molecule has 4 aliphatic heterocycles. The van der Waals surface area contributed by atoms with Crippen LogP contribution < -0.4 is 9.80 Å². The number of benzene rings is 4. The van der Waals surface area contributed by atoms with Crippen LogP contribution in [0.2, 0.25) is 0 Å². The van der Waals surface area contributed by atoms with Gasteiger partial charge in [-0.2, -0.15) is 0 Å². The number of nitrogens with zero attached hydrogens (tertiary/aromatic N) is 6. The highest BCUT2D eigenvalue weighted by Gasteiger charge is 2.39. The van der Waals surface area contributed by atoms with E-state index < -0.39 is 0 Å². The number of aromatic nitrogens is 2. The largest absolute Gasteiger partial charge is 0.332 e. The molecule has 4 atom stereocenters. The number of rotatable bonds is 5. The van der Waals surface area contributed by atoms with Crippen LogP contribution in [0.4, 0.5) is 22.7 Å². The summed E-state index contributed by atoms with van der Waals surface area (Å²) >= 11 is 0. The number of allylic oxidation sites excluding steroid dienone is 2. The minimum absolute atomic E-state index is 0.114. The molecule has 4 aliphatic rings. The zero-order chi connectivity index (χ0) is 33.0. The molecule has 6 aromatic rings. The molecule has 6 nitrogen and oxygen atoms in total. The number of anilines is 4. The van der Waals surface area contributed by atoms with Crippen molar-refractivity contribution in [3.05, 3.63) is 169 Å². The molecule has 10 rings (SSSR count). The first-order valence-electron chi connectivity index (χ1n) is 17.1. The second-order valence-corrected chi connectivity index (χ2v) is 13.1. The maximum atomic E-state index is 4.85. The van der Waals surface area contributed by atoms with Crippen molar-refractivity contribution in [1.29, 1.82) is 0 Å². The quantitative estimate of drug-likeness (QED) is 0.187. The zero-order valence-corrected chi connectivity index (χ0v) is 27.2. The predicted octanol–water partition coefficient (Wildman–Crippen LogP) is 9.88. The van der Waals surface area contributed by atoms with E-state index in [9.17, 15) is 0 Å². The van der Waals surface area contributed by atoms with Gasteiger partial charge in [0, 0.05) is 69.8 Å². The standard InChI is InChI=1S/C44H32N6/c1-3-15-39-35(13-1)43-41(17-7-23-45-43)49(39)33-11-5-9-29(25-33)31-19-21-37(47-27-31)38-22-20-32(28-48-38)30-10-6-12-34(26-30)50-40-16-4-2-14-36(40)44-42(50)18-8-24-46-44/h1-28,41-44H. The summed E-state index contributed by atoms with van der Waals surface area (Å²) in [5.41, 5.74) is 13.3. The van der Waals surface area contributed by atoms with Gasteiger partial charge in [-0.3, -0.25) is 20.0 Å². The summed E-state index contributed by atoms with van der Waals surface area (Å²) in [4.78, 5) is 24.1. The molecule has 50 heavy (non-hydrogen) atoms. The van der Waals surface area contributed by atoms with Gasteiger partial charge in [0.25, 0.3) is 0 Å². The third kappa shape index (κ3) is 4.64. The summed E-state index contributed by atoms with van der Waals surface area (Å²) in [7, 11) is 0. The van der Waals surface area contributed by atoms with E-state index in [0.717, 1.165) is 45.0 Å². The van der Waals surface area contributed by atoms with Gasteiger partial charge in [-0.15, -0.1) is 0 Å². The molecule has 6 heteroatoms. The lowest BCUT2D eigenvalue weighted by molar-refractivity contribution is 0.667. The molecule has 0 N–H and O–H groups in total. The third-order valence-corrected chi connectivity index (χ3v) is 10.3. The van der Waals surface area contributed by atoms with Gasteiger partial charge in [0.15, 0.2) is 0 Å². The average Bonchev–Trinajstić information content (AvgIpc) is 3.71. The van der Waals surface area contributed by atoms with E-state index in [4.69, 9.17) is 20.0 Å². The van der Waals surface area contributed by atoms with Crippen LogP contribution in [0.3, 0.4) is 0 Å². The van der Waals surface area contributed by atoms with Crippen LogP contribution in [-0.4, -0.2) is 34.5 Å². The molecular weight excluding hydrogens is 613 g/mol. The Morgan fingerprint density at radius 3 is 1.38 bits per heavy atom. The maximum Gasteiger partial charge on any atom is 0.101 e. The van der Waals surface area contributed by atoms with Gasteiger partial charge in [0.05, 0.1) is 23.5 Å². The van der Waals surface area contributed by atoms with Crippen LogP contribution in [0, 0.1) is 0 Å². The van der Waals surface area contributed by atoms with Gasteiger partial charge in [-0.05, 0) is 71.8 Å². The summed E-state index contributed by atoms with van der Waals surface area (Å²) < 4.78 is 0. The number of para-hydroxylation sites is 2. The predicted molar refractivity (Wildman–Crippen MR) is 204 cm³/mol. The average molecular weight is 645 g/mol. The Morgan fingerprint density at radius 1 is 0.440 bits per heavy atom. The molecule has 0 spiro atoms. The van der Waals surface area contributed by atoms with E-state index in [0.29, 0.717) is 0 Å². The Morgan fingerprint density at radius 2 is 0.920 bits per heavy atom. The highest BCUT2D eigenvalue weighted by molar-refractivity contribution is 5.83. The van der Waals surface area contributed by atoms with Crippen molar-refractivity contribution < 1.29 is 0 Å². The Balaban J connectivity index is 0.900. The smallest absolute Gasteiger partial charge is 0.101 e. The molecule has 0 saturated heterocycles. The number of pyridine rings is 2. The van der Waals surface area contributed by atoms with Crippen LogP contribution in [0.5, 0.6) is 0 Å². The Bertz CT molecular complexity index is 2200. The molecule has 0 aliphatic carbocycles. The first-order valence-corrected chi connectivity index (χ1v) is 17.1. The number of dihydropyridines is 2. The first kappa shape index (κ1) is 28.6. The summed E-state index contributed by atoms with van der Waals surface area (Å²) in [5, 5.41) is 0. The Labute approximate surface area is 291 Å². The number of hydrogen-bond donors (Lipinski definition) is 0. The molecular formula is C44H32N6. The lowest BCUT2D eigenvalue weighted by atomic mass is 10.0. The van der Waals surface area contributed by atoms with Crippen molar-refractivity contribution in [3.8, 4) is 33.6 Å². The van der Waals surface area contributed by atoms with Crippen LogP contribution in [0.15, 0.2) is 168 Å². The van der Waals surface area contributed by atoms with E-state index in [-0.39, 0.29) is 24.2 Å². The van der Waals surface area contributed by atoms with E-state index in [1.54, 1.807) is 0 Å². The summed E-state index contributed by atoms with van der Waals surface area (Å²) in [5.74, 6) is 0.